The van der Waals surface area contributed by atoms with Gasteiger partial charge in [0.1, 0.15) is 11.5 Å². The molecule has 0 aromatic heterocycles. The van der Waals surface area contributed by atoms with Crippen molar-refractivity contribution in [2.75, 3.05) is 6.54 Å². The van der Waals surface area contributed by atoms with Crippen LogP contribution in [-0.4, -0.2) is 6.54 Å². The van der Waals surface area contributed by atoms with Crippen molar-refractivity contribution in [3.05, 3.63) is 58.1 Å². The molecule has 0 fully saturated rings. The molecule has 0 spiro atoms. The number of hydrogen-bond acceptors (Lipinski definition) is 2. The zero-order valence-corrected chi connectivity index (χ0v) is 14.4. The molecule has 2 nitrogen and oxygen atoms in total. The Morgan fingerprint density at radius 2 is 1.95 bits per heavy atom. The van der Waals surface area contributed by atoms with Crippen LogP contribution in [0.5, 0.6) is 11.5 Å². The third-order valence-corrected chi connectivity index (χ3v) is 3.98. The molecule has 1 atom stereocenters. The van der Waals surface area contributed by atoms with Gasteiger partial charge in [0.05, 0.1) is 0 Å². The van der Waals surface area contributed by atoms with Gasteiger partial charge in [0.15, 0.2) is 0 Å². The number of nitrogens with one attached hydrogen (secondary N) is 1. The number of hydrogen-bond donors (Lipinski definition) is 1. The van der Waals surface area contributed by atoms with E-state index >= 15 is 0 Å². The fourth-order valence-corrected chi connectivity index (χ4v) is 2.70. The van der Waals surface area contributed by atoms with Crippen LogP contribution in [0.3, 0.4) is 0 Å². The second-order valence-corrected chi connectivity index (χ2v) is 5.98. The fourth-order valence-electron chi connectivity index (χ4n) is 2.32. The van der Waals surface area contributed by atoms with Gasteiger partial charge in [-0.2, -0.15) is 0 Å². The van der Waals surface area contributed by atoms with Gasteiger partial charge < -0.3 is 10.1 Å². The zero-order valence-electron chi connectivity index (χ0n) is 12.8. The first kappa shape index (κ1) is 16.1. The third kappa shape index (κ3) is 4.32. The Labute approximate surface area is 135 Å². The molecule has 2 rings (SSSR count). The Morgan fingerprint density at radius 3 is 2.67 bits per heavy atom. The quantitative estimate of drug-likeness (QED) is 0.747. The maximum atomic E-state index is 6.11. The molecule has 0 saturated heterocycles. The van der Waals surface area contributed by atoms with Crippen molar-refractivity contribution >= 4 is 15.9 Å². The largest absolute Gasteiger partial charge is 0.457 e. The van der Waals surface area contributed by atoms with E-state index < -0.39 is 0 Å². The molecule has 21 heavy (non-hydrogen) atoms. The Balaban J connectivity index is 2.30. The van der Waals surface area contributed by atoms with Crippen LogP contribution in [0.1, 0.15) is 37.9 Å². The molecule has 0 saturated carbocycles. The number of halogens is 1. The Hall–Kier alpha value is -1.32. The average Bonchev–Trinajstić information content (AvgIpc) is 2.49. The molecule has 0 aliphatic carbocycles. The van der Waals surface area contributed by atoms with Crippen molar-refractivity contribution < 1.29 is 4.74 Å². The summed E-state index contributed by atoms with van der Waals surface area (Å²) in [7, 11) is 0. The zero-order chi connectivity index (χ0) is 15.2. The van der Waals surface area contributed by atoms with Gasteiger partial charge in [-0.25, -0.2) is 0 Å². The van der Waals surface area contributed by atoms with Gasteiger partial charge in [-0.3, -0.25) is 0 Å². The summed E-state index contributed by atoms with van der Waals surface area (Å²) in [6.45, 7) is 7.34. The molecule has 1 unspecified atom stereocenters. The molecular weight excluding hydrogens is 326 g/mol. The number of rotatable bonds is 6. The second-order valence-electron chi connectivity index (χ2n) is 5.06. The second kappa shape index (κ2) is 7.62. The van der Waals surface area contributed by atoms with Gasteiger partial charge in [-0.1, -0.05) is 41.9 Å². The summed E-state index contributed by atoms with van der Waals surface area (Å²) in [4.78, 5) is 0. The van der Waals surface area contributed by atoms with Crippen molar-refractivity contribution in [1.29, 1.82) is 0 Å². The minimum Gasteiger partial charge on any atom is -0.457 e. The van der Waals surface area contributed by atoms with E-state index in [1.54, 1.807) is 0 Å². The van der Waals surface area contributed by atoms with E-state index in [0.717, 1.165) is 34.5 Å². The smallest absolute Gasteiger partial charge is 0.132 e. The molecule has 1 N–H and O–H groups in total. The average molecular weight is 348 g/mol. The monoisotopic (exact) mass is 347 g/mol. The molecule has 0 radical (unpaired) electrons. The predicted octanol–water partition coefficient (Wildman–Crippen LogP) is 5.47. The molecule has 2 aromatic carbocycles. The van der Waals surface area contributed by atoms with E-state index in [-0.39, 0.29) is 6.04 Å². The lowest BCUT2D eigenvalue weighted by molar-refractivity contribution is 0.462. The van der Waals surface area contributed by atoms with Crippen molar-refractivity contribution in [3.8, 4) is 11.5 Å². The summed E-state index contributed by atoms with van der Waals surface area (Å²) in [6.07, 6.45) is 1.01. The van der Waals surface area contributed by atoms with Gasteiger partial charge >= 0.3 is 0 Å². The van der Waals surface area contributed by atoms with Crippen LogP contribution in [0, 0.1) is 0 Å². The molecule has 0 amide bonds. The van der Waals surface area contributed by atoms with Crippen LogP contribution in [0.15, 0.2) is 46.9 Å². The lowest BCUT2D eigenvalue weighted by Crippen LogP contribution is -2.18. The first-order valence-corrected chi connectivity index (χ1v) is 8.23. The van der Waals surface area contributed by atoms with Crippen LogP contribution in [0.25, 0.3) is 0 Å². The molecule has 2 aromatic rings. The Kier molecular flexibility index (Phi) is 5.83. The van der Waals surface area contributed by atoms with Crippen LogP contribution in [0.4, 0.5) is 0 Å². The highest BCUT2D eigenvalue weighted by molar-refractivity contribution is 9.10. The minimum absolute atomic E-state index is 0.247. The maximum absolute atomic E-state index is 6.11. The van der Waals surface area contributed by atoms with E-state index in [0.29, 0.717) is 0 Å². The van der Waals surface area contributed by atoms with Crippen molar-refractivity contribution in [3.63, 3.8) is 0 Å². The first-order valence-electron chi connectivity index (χ1n) is 7.43. The van der Waals surface area contributed by atoms with Gasteiger partial charge in [0.2, 0.25) is 0 Å². The van der Waals surface area contributed by atoms with Crippen LogP contribution < -0.4 is 10.1 Å². The third-order valence-electron chi connectivity index (χ3n) is 3.48. The molecule has 0 aliphatic rings. The number of aryl methyl sites for hydroxylation is 1. The summed E-state index contributed by atoms with van der Waals surface area (Å²) in [6, 6.07) is 14.7. The van der Waals surface area contributed by atoms with Crippen LogP contribution in [0.2, 0.25) is 0 Å². The maximum Gasteiger partial charge on any atom is 0.132 e. The van der Waals surface area contributed by atoms with Gasteiger partial charge in [-0.15, -0.1) is 0 Å². The molecule has 0 aliphatic heterocycles. The van der Waals surface area contributed by atoms with E-state index in [4.69, 9.17) is 4.74 Å². The van der Waals surface area contributed by atoms with Gasteiger partial charge in [0.25, 0.3) is 0 Å². The summed E-state index contributed by atoms with van der Waals surface area (Å²) in [5.74, 6) is 1.79. The molecule has 0 bridgehead atoms. The molecule has 3 heteroatoms. The molecular formula is C18H22BrNO. The molecule has 0 heterocycles. The SMILES string of the molecule is CCNC(C)c1cc(Br)ccc1Oc1cccc(CC)c1. The lowest BCUT2D eigenvalue weighted by atomic mass is 10.1. The summed E-state index contributed by atoms with van der Waals surface area (Å²) >= 11 is 3.54. The van der Waals surface area contributed by atoms with E-state index in [2.05, 4.69) is 60.2 Å². The summed E-state index contributed by atoms with van der Waals surface area (Å²) in [5, 5.41) is 3.44. The van der Waals surface area contributed by atoms with Crippen LogP contribution in [-0.2, 0) is 6.42 Å². The number of benzene rings is 2. The molecule has 112 valence electrons. The normalized spacial score (nSPS) is 12.2. The minimum atomic E-state index is 0.247. The highest BCUT2D eigenvalue weighted by Crippen LogP contribution is 2.32. The topological polar surface area (TPSA) is 21.3 Å². The van der Waals surface area contributed by atoms with Gasteiger partial charge in [-0.05, 0) is 55.8 Å². The fraction of sp³-hybridized carbons (Fsp3) is 0.333. The van der Waals surface area contributed by atoms with E-state index in [1.807, 2.05) is 24.3 Å². The number of ether oxygens (including phenoxy) is 1. The van der Waals surface area contributed by atoms with Crippen molar-refractivity contribution in [2.24, 2.45) is 0 Å². The summed E-state index contributed by atoms with van der Waals surface area (Å²) < 4.78 is 7.18. The highest BCUT2D eigenvalue weighted by Gasteiger charge is 2.12. The standard InChI is InChI=1S/C18H22BrNO/c1-4-14-7-6-8-16(11-14)21-18-10-9-15(19)12-17(18)13(3)20-5-2/h6-13,20H,4-5H2,1-3H3. The Morgan fingerprint density at radius 1 is 1.14 bits per heavy atom. The van der Waals surface area contributed by atoms with E-state index in [9.17, 15) is 0 Å². The predicted molar refractivity (Wildman–Crippen MR) is 92.1 cm³/mol. The van der Waals surface area contributed by atoms with Gasteiger partial charge in [0, 0.05) is 16.1 Å². The Bertz CT molecular complexity index is 598. The van der Waals surface area contributed by atoms with Crippen molar-refractivity contribution in [2.45, 2.75) is 33.2 Å². The van der Waals surface area contributed by atoms with E-state index in [1.165, 1.54) is 5.56 Å². The van der Waals surface area contributed by atoms with Crippen molar-refractivity contribution in [1.82, 2.24) is 5.32 Å². The first-order chi connectivity index (χ1) is 10.1. The lowest BCUT2D eigenvalue weighted by Gasteiger charge is -2.18. The highest BCUT2D eigenvalue weighted by atomic mass is 79.9. The van der Waals surface area contributed by atoms with Crippen LogP contribution >= 0.6 is 15.9 Å². The summed E-state index contributed by atoms with van der Waals surface area (Å²) in [5.41, 5.74) is 2.44.